The molecule has 14 heavy (non-hydrogen) atoms. The zero-order valence-electron chi connectivity index (χ0n) is 7.64. The lowest BCUT2D eigenvalue weighted by Gasteiger charge is -2.09. The molecule has 0 aromatic heterocycles. The fourth-order valence-corrected chi connectivity index (χ4v) is 1.47. The summed E-state index contributed by atoms with van der Waals surface area (Å²) >= 11 is 9.20. The van der Waals surface area contributed by atoms with E-state index in [1.54, 1.807) is 0 Å². The van der Waals surface area contributed by atoms with Crippen LogP contribution in [0.1, 0.15) is 5.56 Å². The number of carbonyl (C=O) groups is 1. The number of carbonyl (C=O) groups excluding carboxylic acids is 1. The monoisotopic (exact) mass is 226 g/mol. The summed E-state index contributed by atoms with van der Waals surface area (Å²) in [6.45, 7) is 0. The third-order valence-corrected chi connectivity index (χ3v) is 2.85. The minimum absolute atomic E-state index is 0.429. The van der Waals surface area contributed by atoms with E-state index in [4.69, 9.17) is 12.2 Å². The highest BCUT2D eigenvalue weighted by molar-refractivity contribution is 7.87. The first-order chi connectivity index (χ1) is 6.66. The van der Waals surface area contributed by atoms with Crippen molar-refractivity contribution in [2.75, 3.05) is 7.11 Å². The van der Waals surface area contributed by atoms with E-state index >= 15 is 0 Å². The number of benzene rings is 1. The Kier molecular flexibility index (Phi) is 4.10. The molecule has 0 heterocycles. The largest absolute Gasteiger partial charge is 0.468 e. The van der Waals surface area contributed by atoms with E-state index in [1.807, 2.05) is 30.3 Å². The van der Waals surface area contributed by atoms with Crippen molar-refractivity contribution in [3.05, 3.63) is 35.9 Å². The molecule has 0 saturated heterocycles. The van der Waals surface area contributed by atoms with Gasteiger partial charge in [0.2, 0.25) is 0 Å². The second-order valence-electron chi connectivity index (χ2n) is 2.66. The van der Waals surface area contributed by atoms with Crippen LogP contribution in [0.15, 0.2) is 30.3 Å². The predicted octanol–water partition coefficient (Wildman–Crippen LogP) is 1.88. The first kappa shape index (κ1) is 11.2. The van der Waals surface area contributed by atoms with Crippen molar-refractivity contribution >= 4 is 35.7 Å². The van der Waals surface area contributed by atoms with Gasteiger partial charge in [0.05, 0.1) is 7.11 Å². The normalized spacial score (nSPS) is 11.9. The van der Waals surface area contributed by atoms with Gasteiger partial charge < -0.3 is 4.74 Å². The number of thiocarbonyl (C=S) groups is 1. The summed E-state index contributed by atoms with van der Waals surface area (Å²) in [5.74, 6) is -0.429. The number of ether oxygens (including phenoxy) is 1. The molecular formula is C10H10O2S2. The van der Waals surface area contributed by atoms with E-state index in [0.29, 0.717) is 4.86 Å². The molecule has 1 atom stereocenters. The highest BCUT2D eigenvalue weighted by Gasteiger charge is 2.20. The summed E-state index contributed by atoms with van der Waals surface area (Å²) in [5.41, 5.74) is 0.827. The van der Waals surface area contributed by atoms with Gasteiger partial charge in [-0.05, 0) is 5.56 Å². The van der Waals surface area contributed by atoms with Crippen molar-refractivity contribution in [2.45, 2.75) is 5.25 Å². The number of methoxy groups -OCH3 is 1. The molecule has 0 radical (unpaired) electrons. The van der Waals surface area contributed by atoms with E-state index in [1.165, 1.54) is 7.11 Å². The first-order valence-electron chi connectivity index (χ1n) is 4.02. The zero-order valence-corrected chi connectivity index (χ0v) is 9.35. The van der Waals surface area contributed by atoms with Gasteiger partial charge in [-0.15, -0.1) is 0 Å². The third-order valence-electron chi connectivity index (χ3n) is 1.73. The topological polar surface area (TPSA) is 26.3 Å². The molecule has 0 aliphatic carbocycles. The SMILES string of the molecule is COC(=O)C(S)C(=S)c1ccccc1. The lowest BCUT2D eigenvalue weighted by molar-refractivity contribution is -0.138. The summed E-state index contributed by atoms with van der Waals surface area (Å²) in [5, 5.41) is -0.669. The number of esters is 1. The van der Waals surface area contributed by atoms with Crippen molar-refractivity contribution in [1.82, 2.24) is 0 Å². The molecular weight excluding hydrogens is 216 g/mol. The van der Waals surface area contributed by atoms with Crippen LogP contribution < -0.4 is 0 Å². The fourth-order valence-electron chi connectivity index (χ4n) is 0.979. The van der Waals surface area contributed by atoms with Gasteiger partial charge in [0.25, 0.3) is 0 Å². The molecule has 0 spiro atoms. The van der Waals surface area contributed by atoms with Gasteiger partial charge in [-0.3, -0.25) is 4.79 Å². The number of hydrogen-bond acceptors (Lipinski definition) is 4. The van der Waals surface area contributed by atoms with Crippen LogP contribution in [-0.4, -0.2) is 23.2 Å². The van der Waals surface area contributed by atoms with Gasteiger partial charge in [0.15, 0.2) is 0 Å². The van der Waals surface area contributed by atoms with Crippen molar-refractivity contribution in [3.63, 3.8) is 0 Å². The molecule has 0 saturated carbocycles. The number of rotatable bonds is 3. The van der Waals surface area contributed by atoms with Crippen LogP contribution >= 0.6 is 24.8 Å². The van der Waals surface area contributed by atoms with E-state index in [-0.39, 0.29) is 0 Å². The van der Waals surface area contributed by atoms with E-state index < -0.39 is 11.2 Å². The molecule has 2 nitrogen and oxygen atoms in total. The summed E-state index contributed by atoms with van der Waals surface area (Å²) in [7, 11) is 1.32. The molecule has 0 fully saturated rings. The average molecular weight is 226 g/mol. The Labute approximate surface area is 93.7 Å². The van der Waals surface area contributed by atoms with E-state index in [0.717, 1.165) is 5.56 Å². The van der Waals surface area contributed by atoms with Crippen molar-refractivity contribution in [3.8, 4) is 0 Å². The maximum Gasteiger partial charge on any atom is 0.323 e. The molecule has 0 aliphatic heterocycles. The van der Waals surface area contributed by atoms with Crippen molar-refractivity contribution in [1.29, 1.82) is 0 Å². The Morgan fingerprint density at radius 1 is 1.43 bits per heavy atom. The zero-order chi connectivity index (χ0) is 10.6. The van der Waals surface area contributed by atoms with E-state index in [2.05, 4.69) is 17.4 Å². The molecule has 0 N–H and O–H groups in total. The standard InChI is InChI=1S/C10H10O2S2/c1-12-10(11)9(14)8(13)7-5-3-2-4-6-7/h2-6,9,14H,1H3. The molecule has 74 valence electrons. The summed E-state index contributed by atoms with van der Waals surface area (Å²) in [4.78, 5) is 11.6. The summed E-state index contributed by atoms with van der Waals surface area (Å²) in [6.07, 6.45) is 0. The van der Waals surface area contributed by atoms with Crippen LogP contribution in [0.5, 0.6) is 0 Å². The molecule has 0 bridgehead atoms. The van der Waals surface area contributed by atoms with Gasteiger partial charge in [0.1, 0.15) is 5.25 Å². The average Bonchev–Trinajstić information content (AvgIpc) is 2.27. The van der Waals surface area contributed by atoms with Crippen LogP contribution in [0.3, 0.4) is 0 Å². The van der Waals surface area contributed by atoms with Crippen LogP contribution in [0, 0.1) is 0 Å². The molecule has 0 aliphatic rings. The quantitative estimate of drug-likeness (QED) is 0.369. The van der Waals surface area contributed by atoms with Crippen LogP contribution in [0.25, 0.3) is 0 Å². The smallest absolute Gasteiger partial charge is 0.323 e. The Bertz CT molecular complexity index is 335. The van der Waals surface area contributed by atoms with Gasteiger partial charge in [-0.2, -0.15) is 12.6 Å². The fraction of sp³-hybridized carbons (Fsp3) is 0.200. The highest BCUT2D eigenvalue weighted by Crippen LogP contribution is 2.10. The van der Waals surface area contributed by atoms with Crippen molar-refractivity contribution in [2.24, 2.45) is 0 Å². The molecule has 1 aromatic carbocycles. The van der Waals surface area contributed by atoms with Crippen LogP contribution in [-0.2, 0) is 9.53 Å². The Balaban J connectivity index is 2.81. The minimum Gasteiger partial charge on any atom is -0.468 e. The lowest BCUT2D eigenvalue weighted by Crippen LogP contribution is -2.25. The van der Waals surface area contributed by atoms with Gasteiger partial charge in [-0.25, -0.2) is 0 Å². The number of thiol groups is 1. The highest BCUT2D eigenvalue weighted by atomic mass is 32.1. The predicted molar refractivity (Wildman–Crippen MR) is 62.9 cm³/mol. The molecule has 0 amide bonds. The lowest BCUT2D eigenvalue weighted by atomic mass is 10.1. The number of hydrogen-bond donors (Lipinski definition) is 1. The summed E-state index contributed by atoms with van der Waals surface area (Å²) < 4.78 is 4.55. The Hall–Kier alpha value is -0.870. The minimum atomic E-state index is -0.669. The third kappa shape index (κ3) is 2.56. The van der Waals surface area contributed by atoms with Gasteiger partial charge >= 0.3 is 5.97 Å². The Morgan fingerprint density at radius 3 is 2.50 bits per heavy atom. The van der Waals surface area contributed by atoms with Gasteiger partial charge in [0, 0.05) is 4.86 Å². The molecule has 1 aromatic rings. The van der Waals surface area contributed by atoms with Crippen LogP contribution in [0.2, 0.25) is 0 Å². The first-order valence-corrected chi connectivity index (χ1v) is 4.94. The summed E-state index contributed by atoms with van der Waals surface area (Å²) in [6, 6.07) is 9.29. The molecule has 1 unspecified atom stereocenters. The van der Waals surface area contributed by atoms with E-state index in [9.17, 15) is 4.79 Å². The van der Waals surface area contributed by atoms with Gasteiger partial charge in [-0.1, -0.05) is 42.5 Å². The van der Waals surface area contributed by atoms with Crippen LogP contribution in [0.4, 0.5) is 0 Å². The van der Waals surface area contributed by atoms with Crippen molar-refractivity contribution < 1.29 is 9.53 Å². The Morgan fingerprint density at radius 2 is 2.00 bits per heavy atom. The second kappa shape index (κ2) is 5.12. The second-order valence-corrected chi connectivity index (χ2v) is 3.61. The molecule has 4 heteroatoms. The molecule has 1 rings (SSSR count). The maximum absolute atomic E-state index is 11.1. The maximum atomic E-state index is 11.1.